The highest BCUT2D eigenvalue weighted by Crippen LogP contribution is 2.09. The summed E-state index contributed by atoms with van der Waals surface area (Å²) in [5.74, 6) is 2.39. The molecular formula is C13H24N4OS. The molecule has 1 heterocycles. The zero-order valence-corrected chi connectivity index (χ0v) is 12.4. The Morgan fingerprint density at radius 3 is 2.89 bits per heavy atom. The zero-order valence-electron chi connectivity index (χ0n) is 11.6. The number of rotatable bonds is 10. The molecule has 6 heteroatoms. The fraction of sp³-hybridized carbons (Fsp3) is 0.692. The van der Waals surface area contributed by atoms with Crippen LogP contribution in [0.25, 0.3) is 0 Å². The summed E-state index contributed by atoms with van der Waals surface area (Å²) in [6, 6.07) is 1.56. The average molecular weight is 284 g/mol. The first-order valence-electron chi connectivity index (χ1n) is 6.88. The van der Waals surface area contributed by atoms with Gasteiger partial charge in [0.05, 0.1) is 5.69 Å². The molecule has 0 spiro atoms. The van der Waals surface area contributed by atoms with Gasteiger partial charge in [-0.25, -0.2) is 4.98 Å². The summed E-state index contributed by atoms with van der Waals surface area (Å²) in [5, 5.41) is 3.17. The maximum Gasteiger partial charge on any atom is 0.252 e. The minimum atomic E-state index is -0.0904. The molecule has 0 amide bonds. The van der Waals surface area contributed by atoms with Crippen LogP contribution in [0.1, 0.15) is 38.3 Å². The van der Waals surface area contributed by atoms with Gasteiger partial charge in [0.2, 0.25) is 5.95 Å². The molecule has 0 atom stereocenters. The second-order valence-corrected chi connectivity index (χ2v) is 5.63. The first-order chi connectivity index (χ1) is 9.26. The highest BCUT2D eigenvalue weighted by atomic mass is 32.2. The third kappa shape index (κ3) is 7.22. The number of nitrogens with zero attached hydrogens (tertiary/aromatic N) is 1. The first-order valence-corrected chi connectivity index (χ1v) is 8.03. The predicted molar refractivity (Wildman–Crippen MR) is 82.7 cm³/mol. The Morgan fingerprint density at radius 2 is 2.16 bits per heavy atom. The molecule has 0 saturated carbocycles. The second kappa shape index (κ2) is 9.86. The molecule has 108 valence electrons. The Balaban J connectivity index is 2.36. The molecule has 0 saturated heterocycles. The van der Waals surface area contributed by atoms with Gasteiger partial charge < -0.3 is 11.1 Å². The van der Waals surface area contributed by atoms with Gasteiger partial charge in [0.25, 0.3) is 5.56 Å². The Labute approximate surface area is 118 Å². The first kappa shape index (κ1) is 16.0. The topological polar surface area (TPSA) is 83.8 Å². The van der Waals surface area contributed by atoms with E-state index in [1.807, 2.05) is 0 Å². The summed E-state index contributed by atoms with van der Waals surface area (Å²) in [6.07, 6.45) is 4.46. The fourth-order valence-corrected chi connectivity index (χ4v) is 2.26. The summed E-state index contributed by atoms with van der Waals surface area (Å²) in [7, 11) is 0. The van der Waals surface area contributed by atoms with Crippen LogP contribution in [0.2, 0.25) is 0 Å². The van der Waals surface area contributed by atoms with E-state index in [-0.39, 0.29) is 5.56 Å². The number of nitrogens with two attached hydrogens (primary N) is 1. The Hall–Kier alpha value is -1.01. The van der Waals surface area contributed by atoms with Crippen molar-refractivity contribution in [3.63, 3.8) is 0 Å². The molecule has 0 radical (unpaired) electrons. The summed E-state index contributed by atoms with van der Waals surface area (Å²) in [5.41, 5.74) is 6.18. The van der Waals surface area contributed by atoms with Gasteiger partial charge in [-0.2, -0.15) is 11.8 Å². The van der Waals surface area contributed by atoms with E-state index in [1.165, 1.54) is 0 Å². The van der Waals surface area contributed by atoms with Crippen molar-refractivity contribution < 1.29 is 0 Å². The van der Waals surface area contributed by atoms with Gasteiger partial charge in [-0.1, -0.05) is 19.8 Å². The lowest BCUT2D eigenvalue weighted by atomic mass is 10.2. The maximum absolute atomic E-state index is 11.5. The molecule has 0 aliphatic carbocycles. The van der Waals surface area contributed by atoms with Gasteiger partial charge in [0, 0.05) is 18.4 Å². The fourth-order valence-electron chi connectivity index (χ4n) is 1.70. The van der Waals surface area contributed by atoms with E-state index in [1.54, 1.807) is 17.8 Å². The molecule has 0 aliphatic rings. The number of hydrogen-bond acceptors (Lipinski definition) is 5. The van der Waals surface area contributed by atoms with Crippen molar-refractivity contribution in [3.05, 3.63) is 22.1 Å². The van der Waals surface area contributed by atoms with Crippen molar-refractivity contribution >= 4 is 17.7 Å². The van der Waals surface area contributed by atoms with Crippen LogP contribution in [-0.2, 0) is 5.75 Å². The minimum absolute atomic E-state index is 0.0904. The molecule has 5 nitrogen and oxygen atoms in total. The van der Waals surface area contributed by atoms with Crippen molar-refractivity contribution in [1.29, 1.82) is 0 Å². The minimum Gasteiger partial charge on any atom is -0.356 e. The lowest BCUT2D eigenvalue weighted by molar-refractivity contribution is 0.660. The van der Waals surface area contributed by atoms with Gasteiger partial charge in [-0.05, 0) is 25.1 Å². The van der Waals surface area contributed by atoms with E-state index < -0.39 is 0 Å². The number of unbranched alkanes of at least 4 members (excludes halogenated alkanes) is 3. The van der Waals surface area contributed by atoms with Gasteiger partial charge >= 0.3 is 0 Å². The monoisotopic (exact) mass is 284 g/mol. The quantitative estimate of drug-likeness (QED) is 0.572. The maximum atomic E-state index is 11.5. The molecule has 0 aromatic carbocycles. The third-order valence-corrected chi connectivity index (χ3v) is 3.58. The number of anilines is 1. The highest BCUT2D eigenvalue weighted by Gasteiger charge is 2.01. The Bertz CT molecular complexity index is 408. The molecule has 0 fully saturated rings. The summed E-state index contributed by atoms with van der Waals surface area (Å²) >= 11 is 1.76. The van der Waals surface area contributed by atoms with Gasteiger partial charge in [0.15, 0.2) is 0 Å². The summed E-state index contributed by atoms with van der Waals surface area (Å²) in [6.45, 7) is 3.69. The van der Waals surface area contributed by atoms with Crippen molar-refractivity contribution in [2.75, 3.05) is 24.2 Å². The van der Waals surface area contributed by atoms with Crippen LogP contribution in [0.4, 0.5) is 5.95 Å². The van der Waals surface area contributed by atoms with Gasteiger partial charge in [-0.3, -0.25) is 9.78 Å². The van der Waals surface area contributed by atoms with Crippen LogP contribution in [0, 0.1) is 0 Å². The zero-order chi connectivity index (χ0) is 13.9. The molecule has 0 bridgehead atoms. The van der Waals surface area contributed by atoms with Gasteiger partial charge in [-0.15, -0.1) is 0 Å². The van der Waals surface area contributed by atoms with Crippen LogP contribution in [-0.4, -0.2) is 28.8 Å². The molecule has 1 aromatic heterocycles. The molecule has 0 aliphatic heterocycles. The predicted octanol–water partition coefficient (Wildman–Crippen LogP) is 1.95. The third-order valence-electron chi connectivity index (χ3n) is 2.67. The largest absolute Gasteiger partial charge is 0.356 e. The molecule has 0 unspecified atom stereocenters. The number of aromatic nitrogens is 2. The molecule has 1 rings (SSSR count). The van der Waals surface area contributed by atoms with Crippen molar-refractivity contribution in [2.24, 2.45) is 5.73 Å². The smallest absolute Gasteiger partial charge is 0.252 e. The van der Waals surface area contributed by atoms with Crippen LogP contribution >= 0.6 is 11.8 Å². The number of nitrogens with one attached hydrogen (secondary N) is 2. The number of H-pyrrole nitrogens is 1. The number of aromatic amines is 1. The van der Waals surface area contributed by atoms with Crippen molar-refractivity contribution in [2.45, 2.75) is 38.4 Å². The van der Waals surface area contributed by atoms with Crippen LogP contribution in [0.5, 0.6) is 0 Å². The van der Waals surface area contributed by atoms with Crippen molar-refractivity contribution in [1.82, 2.24) is 9.97 Å². The SMILES string of the molecule is CCSCc1cc(=O)[nH]c(NCCCCCCN)n1. The average Bonchev–Trinajstić information content (AvgIpc) is 2.40. The van der Waals surface area contributed by atoms with E-state index in [0.717, 1.165) is 56.0 Å². The summed E-state index contributed by atoms with van der Waals surface area (Å²) < 4.78 is 0. The normalized spacial score (nSPS) is 10.6. The Kier molecular flexibility index (Phi) is 8.33. The lowest BCUT2D eigenvalue weighted by Gasteiger charge is -2.06. The van der Waals surface area contributed by atoms with E-state index in [9.17, 15) is 4.79 Å². The van der Waals surface area contributed by atoms with Gasteiger partial charge in [0.1, 0.15) is 0 Å². The van der Waals surface area contributed by atoms with E-state index >= 15 is 0 Å². The standard InChI is InChI=1S/C13H24N4OS/c1-2-19-10-11-9-12(18)17-13(16-11)15-8-6-4-3-5-7-14/h9H,2-8,10,14H2,1H3,(H2,15,16,17,18). The molecule has 19 heavy (non-hydrogen) atoms. The van der Waals surface area contributed by atoms with E-state index in [2.05, 4.69) is 22.2 Å². The van der Waals surface area contributed by atoms with Crippen LogP contribution in [0.3, 0.4) is 0 Å². The van der Waals surface area contributed by atoms with E-state index in [4.69, 9.17) is 5.73 Å². The summed E-state index contributed by atoms with van der Waals surface area (Å²) in [4.78, 5) is 18.6. The number of hydrogen-bond donors (Lipinski definition) is 3. The number of thioether (sulfide) groups is 1. The molecular weight excluding hydrogens is 260 g/mol. The van der Waals surface area contributed by atoms with Crippen LogP contribution < -0.4 is 16.6 Å². The highest BCUT2D eigenvalue weighted by molar-refractivity contribution is 7.98. The van der Waals surface area contributed by atoms with Crippen LogP contribution in [0.15, 0.2) is 10.9 Å². The molecule has 4 N–H and O–H groups in total. The van der Waals surface area contributed by atoms with E-state index in [0.29, 0.717) is 5.95 Å². The van der Waals surface area contributed by atoms with Crippen molar-refractivity contribution in [3.8, 4) is 0 Å². The molecule has 1 aromatic rings. The lowest BCUT2D eigenvalue weighted by Crippen LogP contribution is -2.14. The Morgan fingerprint density at radius 1 is 1.37 bits per heavy atom. The second-order valence-electron chi connectivity index (χ2n) is 4.35.